The topological polar surface area (TPSA) is 21.3 Å². The Labute approximate surface area is 109 Å². The molecule has 1 aliphatic carbocycles. The second kappa shape index (κ2) is 4.32. The van der Waals surface area contributed by atoms with Crippen molar-refractivity contribution in [3.05, 3.63) is 23.8 Å². The predicted octanol–water partition coefficient (Wildman–Crippen LogP) is 4.07. The van der Waals surface area contributed by atoms with Crippen LogP contribution in [0, 0.1) is 5.41 Å². The van der Waals surface area contributed by atoms with Crippen molar-refractivity contribution in [3.63, 3.8) is 0 Å². The molecule has 0 aromatic heterocycles. The van der Waals surface area contributed by atoms with Crippen LogP contribution in [0.1, 0.15) is 31.2 Å². The van der Waals surface area contributed by atoms with Gasteiger partial charge in [-0.15, -0.1) is 0 Å². The van der Waals surface area contributed by atoms with Crippen LogP contribution in [0.2, 0.25) is 0 Å². The van der Waals surface area contributed by atoms with Crippen molar-refractivity contribution in [1.29, 1.82) is 0 Å². The number of nitrogens with one attached hydrogen (secondary N) is 1. The van der Waals surface area contributed by atoms with Gasteiger partial charge in [-0.2, -0.15) is 13.2 Å². The van der Waals surface area contributed by atoms with E-state index in [1.54, 1.807) is 6.07 Å². The fraction of sp³-hybridized carbons (Fsp3) is 0.571. The Morgan fingerprint density at radius 1 is 1.16 bits per heavy atom. The Morgan fingerprint density at radius 3 is 2.58 bits per heavy atom. The molecule has 2 aliphatic rings. The van der Waals surface area contributed by atoms with Gasteiger partial charge in [-0.25, -0.2) is 0 Å². The van der Waals surface area contributed by atoms with Crippen LogP contribution in [0.4, 0.5) is 18.9 Å². The van der Waals surface area contributed by atoms with E-state index in [9.17, 15) is 13.2 Å². The maximum Gasteiger partial charge on any atom is 0.420 e. The quantitative estimate of drug-likeness (QED) is 0.768. The number of ether oxygens (including phenoxy) is 1. The van der Waals surface area contributed by atoms with Gasteiger partial charge in [0.05, 0.1) is 17.9 Å². The first kappa shape index (κ1) is 12.6. The molecule has 0 radical (unpaired) electrons. The third kappa shape index (κ3) is 2.26. The highest BCUT2D eigenvalue weighted by atomic mass is 19.4. The lowest BCUT2D eigenvalue weighted by Gasteiger charge is -2.26. The zero-order chi connectivity index (χ0) is 13.5. The van der Waals surface area contributed by atoms with Gasteiger partial charge in [-0.1, -0.05) is 18.9 Å². The van der Waals surface area contributed by atoms with Gasteiger partial charge in [0.1, 0.15) is 0 Å². The number of benzene rings is 1. The molecule has 3 rings (SSSR count). The van der Waals surface area contributed by atoms with Crippen molar-refractivity contribution in [1.82, 2.24) is 0 Å². The molecule has 19 heavy (non-hydrogen) atoms. The second-order valence-electron chi connectivity index (χ2n) is 5.53. The van der Waals surface area contributed by atoms with Crippen LogP contribution in [0.5, 0.6) is 5.75 Å². The summed E-state index contributed by atoms with van der Waals surface area (Å²) in [4.78, 5) is 0. The van der Waals surface area contributed by atoms with Gasteiger partial charge in [-0.05, 0) is 25.0 Å². The fourth-order valence-electron chi connectivity index (χ4n) is 3.06. The summed E-state index contributed by atoms with van der Waals surface area (Å²) < 4.78 is 44.5. The third-order valence-electron chi connectivity index (χ3n) is 4.16. The first-order valence-electron chi connectivity index (χ1n) is 6.57. The van der Waals surface area contributed by atoms with Crippen molar-refractivity contribution in [3.8, 4) is 5.75 Å². The molecule has 2 nitrogen and oxygen atoms in total. The summed E-state index contributed by atoms with van der Waals surface area (Å²) in [6.45, 7) is 1.07. The average molecular weight is 271 g/mol. The van der Waals surface area contributed by atoms with Crippen molar-refractivity contribution in [2.75, 3.05) is 18.5 Å². The number of alkyl halides is 3. The van der Waals surface area contributed by atoms with Gasteiger partial charge in [0.15, 0.2) is 5.75 Å². The van der Waals surface area contributed by atoms with E-state index in [-0.39, 0.29) is 11.2 Å². The minimum absolute atomic E-state index is 0.00187. The Morgan fingerprint density at radius 2 is 1.89 bits per heavy atom. The molecule has 0 atom stereocenters. The van der Waals surface area contributed by atoms with Crippen LogP contribution in [-0.2, 0) is 6.18 Å². The van der Waals surface area contributed by atoms with E-state index in [0.29, 0.717) is 18.8 Å². The van der Waals surface area contributed by atoms with Gasteiger partial charge in [0, 0.05) is 12.0 Å². The fourth-order valence-corrected chi connectivity index (χ4v) is 3.06. The molecular weight excluding hydrogens is 255 g/mol. The molecule has 0 saturated heterocycles. The Kier molecular flexibility index (Phi) is 2.87. The average Bonchev–Trinajstić information content (AvgIpc) is 2.73. The van der Waals surface area contributed by atoms with Crippen LogP contribution in [-0.4, -0.2) is 13.2 Å². The van der Waals surface area contributed by atoms with Gasteiger partial charge in [0.2, 0.25) is 0 Å². The highest BCUT2D eigenvalue weighted by Crippen LogP contribution is 2.46. The van der Waals surface area contributed by atoms with E-state index in [1.807, 2.05) is 0 Å². The van der Waals surface area contributed by atoms with Crippen LogP contribution >= 0.6 is 0 Å². The number of rotatable bonds is 0. The summed E-state index contributed by atoms with van der Waals surface area (Å²) in [5, 5.41) is 3.15. The Hall–Kier alpha value is -1.39. The lowest BCUT2D eigenvalue weighted by atomic mass is 9.87. The van der Waals surface area contributed by atoms with Crippen LogP contribution in [0.25, 0.3) is 0 Å². The molecule has 1 fully saturated rings. The molecule has 1 aromatic rings. The highest BCUT2D eigenvalue weighted by molar-refractivity contribution is 5.61. The van der Waals surface area contributed by atoms with E-state index >= 15 is 0 Å². The predicted molar refractivity (Wildman–Crippen MR) is 66.3 cm³/mol. The molecule has 104 valence electrons. The van der Waals surface area contributed by atoms with Crippen molar-refractivity contribution >= 4 is 5.69 Å². The number of hydrogen-bond acceptors (Lipinski definition) is 2. The second-order valence-corrected chi connectivity index (χ2v) is 5.53. The van der Waals surface area contributed by atoms with E-state index in [2.05, 4.69) is 5.32 Å². The van der Waals surface area contributed by atoms with Crippen molar-refractivity contribution < 1.29 is 17.9 Å². The summed E-state index contributed by atoms with van der Waals surface area (Å²) in [6, 6.07) is 4.15. The van der Waals surface area contributed by atoms with Crippen LogP contribution in [0.15, 0.2) is 18.2 Å². The van der Waals surface area contributed by atoms with E-state index in [1.165, 1.54) is 6.07 Å². The molecule has 5 heteroatoms. The van der Waals surface area contributed by atoms with Gasteiger partial charge in [0.25, 0.3) is 0 Å². The summed E-state index contributed by atoms with van der Waals surface area (Å²) in [5.74, 6) is -0.0428. The molecule has 1 heterocycles. The van der Waals surface area contributed by atoms with Crippen molar-refractivity contribution in [2.24, 2.45) is 5.41 Å². The SMILES string of the molecule is FC(F)(F)c1cccc2c1OCC1(CCCC1)CN2. The number of para-hydroxylation sites is 1. The number of halogens is 3. The van der Waals surface area contributed by atoms with Crippen molar-refractivity contribution in [2.45, 2.75) is 31.9 Å². The zero-order valence-corrected chi connectivity index (χ0v) is 10.5. The minimum atomic E-state index is -4.37. The van der Waals surface area contributed by atoms with Gasteiger partial charge >= 0.3 is 6.18 Å². The van der Waals surface area contributed by atoms with Crippen LogP contribution < -0.4 is 10.1 Å². The summed E-state index contributed by atoms with van der Waals surface area (Å²) >= 11 is 0. The summed E-state index contributed by atoms with van der Waals surface area (Å²) in [5.41, 5.74) is -0.229. The maximum absolute atomic E-state index is 13.0. The number of hydrogen-bond donors (Lipinski definition) is 1. The van der Waals surface area contributed by atoms with E-state index in [4.69, 9.17) is 4.74 Å². The van der Waals surface area contributed by atoms with Gasteiger partial charge in [-0.3, -0.25) is 0 Å². The monoisotopic (exact) mass is 271 g/mol. The first-order valence-corrected chi connectivity index (χ1v) is 6.57. The van der Waals surface area contributed by atoms with E-state index in [0.717, 1.165) is 31.7 Å². The smallest absolute Gasteiger partial charge is 0.420 e. The largest absolute Gasteiger partial charge is 0.490 e. The molecule has 1 aromatic carbocycles. The van der Waals surface area contributed by atoms with E-state index < -0.39 is 11.7 Å². The lowest BCUT2D eigenvalue weighted by molar-refractivity contribution is -0.139. The maximum atomic E-state index is 13.0. The molecular formula is C14H16F3NO. The molecule has 1 saturated carbocycles. The summed E-state index contributed by atoms with van der Waals surface area (Å²) in [7, 11) is 0. The molecule has 0 unspecified atom stereocenters. The lowest BCUT2D eigenvalue weighted by Crippen LogP contribution is -2.31. The number of fused-ring (bicyclic) bond motifs is 1. The Balaban J connectivity index is 1.94. The zero-order valence-electron chi connectivity index (χ0n) is 10.5. The normalized spacial score (nSPS) is 21.4. The molecule has 1 aliphatic heterocycles. The minimum Gasteiger partial charge on any atom is -0.490 e. The standard InChI is InChI=1S/C14H16F3NO/c15-14(16,17)10-4-3-5-11-12(10)19-9-13(8-18-11)6-1-2-7-13/h3-5,18H,1-2,6-9H2. The molecule has 1 spiro atoms. The summed E-state index contributed by atoms with van der Waals surface area (Å²) in [6.07, 6.45) is -0.0636. The highest BCUT2D eigenvalue weighted by Gasteiger charge is 2.40. The number of anilines is 1. The first-order chi connectivity index (χ1) is 9.00. The molecule has 0 bridgehead atoms. The van der Waals surface area contributed by atoms with Gasteiger partial charge < -0.3 is 10.1 Å². The molecule has 0 amide bonds. The van der Waals surface area contributed by atoms with Crippen LogP contribution in [0.3, 0.4) is 0 Å². The Bertz CT molecular complexity index is 478. The third-order valence-corrected chi connectivity index (χ3v) is 4.16. The molecule has 1 N–H and O–H groups in total.